The maximum Gasteiger partial charge on any atom is 0.259 e. The highest BCUT2D eigenvalue weighted by Gasteiger charge is 1.99. The molecule has 0 atom stereocenters. The standard InChI is InChI=1S/C19H21N3O/c1-15-8-12-18(13-9-15)20-14-19(23)22-21-16(2)10-11-17-6-4-3-5-7-17/h3-13,20H,14H2,1-2H3,(H,22,23)/b11-10+,21-16-. The lowest BCUT2D eigenvalue weighted by Crippen LogP contribution is -2.26. The maximum atomic E-state index is 11.8. The van der Waals surface area contributed by atoms with Gasteiger partial charge in [-0.1, -0.05) is 54.1 Å². The van der Waals surface area contributed by atoms with Crippen LogP contribution in [0, 0.1) is 6.92 Å². The van der Waals surface area contributed by atoms with Crippen molar-refractivity contribution in [3.8, 4) is 0 Å². The number of amides is 1. The number of anilines is 1. The Balaban J connectivity index is 1.78. The Bertz CT molecular complexity index is 688. The maximum absolute atomic E-state index is 11.8. The Hall–Kier alpha value is -2.88. The minimum atomic E-state index is -0.182. The second kappa shape index (κ2) is 8.54. The summed E-state index contributed by atoms with van der Waals surface area (Å²) in [5, 5.41) is 7.11. The molecule has 2 rings (SSSR count). The minimum Gasteiger partial charge on any atom is -0.376 e. The molecule has 0 aliphatic carbocycles. The molecule has 0 unspecified atom stereocenters. The largest absolute Gasteiger partial charge is 0.376 e. The first kappa shape index (κ1) is 16.5. The highest BCUT2D eigenvalue weighted by Crippen LogP contribution is 2.07. The van der Waals surface area contributed by atoms with E-state index in [1.165, 1.54) is 5.56 Å². The summed E-state index contributed by atoms with van der Waals surface area (Å²) in [6, 6.07) is 17.8. The fourth-order valence-electron chi connectivity index (χ4n) is 1.86. The van der Waals surface area contributed by atoms with Crippen LogP contribution in [0.25, 0.3) is 6.08 Å². The van der Waals surface area contributed by atoms with Crippen LogP contribution in [-0.4, -0.2) is 18.2 Å². The first-order valence-corrected chi connectivity index (χ1v) is 7.50. The van der Waals surface area contributed by atoms with Crippen molar-refractivity contribution in [2.45, 2.75) is 13.8 Å². The average molecular weight is 307 g/mol. The van der Waals surface area contributed by atoms with Crippen LogP contribution in [0.1, 0.15) is 18.1 Å². The van der Waals surface area contributed by atoms with Crippen LogP contribution < -0.4 is 10.7 Å². The third-order valence-electron chi connectivity index (χ3n) is 3.18. The number of hydrogen-bond donors (Lipinski definition) is 2. The molecule has 0 heterocycles. The van der Waals surface area contributed by atoms with Gasteiger partial charge in [-0.3, -0.25) is 4.79 Å². The summed E-state index contributed by atoms with van der Waals surface area (Å²) in [4.78, 5) is 11.8. The molecule has 0 fully saturated rings. The third-order valence-corrected chi connectivity index (χ3v) is 3.18. The summed E-state index contributed by atoms with van der Waals surface area (Å²) in [5.74, 6) is -0.182. The second-order valence-electron chi connectivity index (χ2n) is 5.25. The van der Waals surface area contributed by atoms with Crippen molar-refractivity contribution in [2.24, 2.45) is 5.10 Å². The van der Waals surface area contributed by atoms with Crippen LogP contribution in [0.3, 0.4) is 0 Å². The first-order valence-electron chi connectivity index (χ1n) is 7.50. The number of nitrogens with zero attached hydrogens (tertiary/aromatic N) is 1. The molecule has 0 saturated heterocycles. The van der Waals surface area contributed by atoms with E-state index in [-0.39, 0.29) is 12.5 Å². The van der Waals surface area contributed by atoms with Gasteiger partial charge in [0.25, 0.3) is 5.91 Å². The number of hydrazone groups is 1. The molecule has 0 saturated carbocycles. The van der Waals surface area contributed by atoms with Gasteiger partial charge in [-0.25, -0.2) is 5.43 Å². The molecule has 0 aromatic heterocycles. The van der Waals surface area contributed by atoms with E-state index in [9.17, 15) is 4.79 Å². The van der Waals surface area contributed by atoms with Gasteiger partial charge < -0.3 is 5.32 Å². The van der Waals surface area contributed by atoms with E-state index in [2.05, 4.69) is 15.8 Å². The Morgan fingerprint density at radius 3 is 2.48 bits per heavy atom. The van der Waals surface area contributed by atoms with E-state index in [4.69, 9.17) is 0 Å². The zero-order valence-electron chi connectivity index (χ0n) is 13.4. The molecule has 1 amide bonds. The fraction of sp³-hybridized carbons (Fsp3) is 0.158. The normalized spacial score (nSPS) is 11.5. The molecule has 0 aliphatic rings. The average Bonchev–Trinajstić information content (AvgIpc) is 2.58. The van der Waals surface area contributed by atoms with Crippen molar-refractivity contribution in [3.63, 3.8) is 0 Å². The third kappa shape index (κ3) is 6.18. The molecule has 4 nitrogen and oxygen atoms in total. The predicted molar refractivity (Wildman–Crippen MR) is 96.4 cm³/mol. The van der Waals surface area contributed by atoms with Gasteiger partial charge in [0.15, 0.2) is 0 Å². The Labute approximate surface area is 136 Å². The fourth-order valence-corrected chi connectivity index (χ4v) is 1.86. The Kier molecular flexibility index (Phi) is 6.12. The van der Waals surface area contributed by atoms with Crippen LogP contribution in [-0.2, 0) is 4.79 Å². The van der Waals surface area contributed by atoms with Crippen molar-refractivity contribution in [3.05, 3.63) is 71.8 Å². The van der Waals surface area contributed by atoms with Crippen molar-refractivity contribution in [1.82, 2.24) is 5.43 Å². The SMILES string of the molecule is CC(/C=C/c1ccccc1)=N/NC(=O)CNc1ccc(C)cc1. The minimum absolute atomic E-state index is 0.182. The smallest absolute Gasteiger partial charge is 0.259 e. The van der Waals surface area contributed by atoms with Crippen LogP contribution >= 0.6 is 0 Å². The van der Waals surface area contributed by atoms with Crippen molar-refractivity contribution < 1.29 is 4.79 Å². The van der Waals surface area contributed by atoms with Gasteiger partial charge >= 0.3 is 0 Å². The summed E-state index contributed by atoms with van der Waals surface area (Å²) in [5.41, 5.74) is 6.46. The number of aryl methyl sites for hydroxylation is 1. The molecule has 4 heteroatoms. The van der Waals surface area contributed by atoms with E-state index in [1.54, 1.807) is 0 Å². The second-order valence-corrected chi connectivity index (χ2v) is 5.25. The molecule has 2 N–H and O–H groups in total. The molecule has 0 bridgehead atoms. The van der Waals surface area contributed by atoms with Gasteiger partial charge in [-0.05, 0) is 37.6 Å². The summed E-state index contributed by atoms with van der Waals surface area (Å²) in [7, 11) is 0. The van der Waals surface area contributed by atoms with E-state index in [0.717, 1.165) is 17.0 Å². The number of carbonyl (C=O) groups excluding carboxylic acids is 1. The predicted octanol–water partition coefficient (Wildman–Crippen LogP) is 3.61. The van der Waals surface area contributed by atoms with Gasteiger partial charge in [0.05, 0.1) is 12.3 Å². The van der Waals surface area contributed by atoms with Crippen molar-refractivity contribution >= 4 is 23.4 Å². The monoisotopic (exact) mass is 307 g/mol. The summed E-state index contributed by atoms with van der Waals surface area (Å²) >= 11 is 0. The number of rotatable bonds is 6. The highest BCUT2D eigenvalue weighted by molar-refractivity contribution is 5.97. The Morgan fingerprint density at radius 2 is 1.78 bits per heavy atom. The number of allylic oxidation sites excluding steroid dienone is 1. The van der Waals surface area contributed by atoms with E-state index < -0.39 is 0 Å². The highest BCUT2D eigenvalue weighted by atomic mass is 16.2. The lowest BCUT2D eigenvalue weighted by molar-refractivity contribution is -0.119. The molecule has 2 aromatic rings. The molecule has 0 aliphatic heterocycles. The van der Waals surface area contributed by atoms with Crippen molar-refractivity contribution in [2.75, 3.05) is 11.9 Å². The van der Waals surface area contributed by atoms with Gasteiger partial charge in [-0.2, -0.15) is 5.10 Å². The zero-order chi connectivity index (χ0) is 16.5. The van der Waals surface area contributed by atoms with E-state index in [0.29, 0.717) is 0 Å². The summed E-state index contributed by atoms with van der Waals surface area (Å²) in [6.07, 6.45) is 3.82. The first-order chi connectivity index (χ1) is 11.1. The van der Waals surface area contributed by atoms with Gasteiger partial charge in [0.1, 0.15) is 0 Å². The van der Waals surface area contributed by atoms with Crippen molar-refractivity contribution in [1.29, 1.82) is 0 Å². The number of benzene rings is 2. The van der Waals surface area contributed by atoms with Gasteiger partial charge in [0, 0.05) is 5.69 Å². The lowest BCUT2D eigenvalue weighted by atomic mass is 10.2. The Morgan fingerprint density at radius 1 is 1.09 bits per heavy atom. The molecule has 0 spiro atoms. The molecule has 23 heavy (non-hydrogen) atoms. The quantitative estimate of drug-likeness (QED) is 0.632. The summed E-state index contributed by atoms with van der Waals surface area (Å²) in [6.45, 7) is 4.05. The molecular formula is C19H21N3O. The van der Waals surface area contributed by atoms with Crippen LogP contribution in [0.4, 0.5) is 5.69 Å². The van der Waals surface area contributed by atoms with Crippen LogP contribution in [0.2, 0.25) is 0 Å². The molecular weight excluding hydrogens is 286 g/mol. The lowest BCUT2D eigenvalue weighted by Gasteiger charge is -2.05. The number of nitrogens with one attached hydrogen (secondary N) is 2. The van der Waals surface area contributed by atoms with E-state index >= 15 is 0 Å². The topological polar surface area (TPSA) is 53.5 Å². The summed E-state index contributed by atoms with van der Waals surface area (Å²) < 4.78 is 0. The molecule has 118 valence electrons. The van der Waals surface area contributed by atoms with E-state index in [1.807, 2.05) is 80.6 Å². The van der Waals surface area contributed by atoms with Gasteiger partial charge in [0.2, 0.25) is 0 Å². The van der Waals surface area contributed by atoms with Crippen LogP contribution in [0.5, 0.6) is 0 Å². The van der Waals surface area contributed by atoms with Gasteiger partial charge in [-0.15, -0.1) is 0 Å². The number of carbonyl (C=O) groups is 1. The molecule has 2 aromatic carbocycles. The number of hydrogen-bond acceptors (Lipinski definition) is 3. The molecule has 0 radical (unpaired) electrons. The van der Waals surface area contributed by atoms with Crippen LogP contribution in [0.15, 0.2) is 65.8 Å². The zero-order valence-corrected chi connectivity index (χ0v) is 13.4.